The molecule has 86 valence electrons. The van der Waals surface area contributed by atoms with Gasteiger partial charge < -0.3 is 16.0 Å². The van der Waals surface area contributed by atoms with Gasteiger partial charge in [0.15, 0.2) is 0 Å². The van der Waals surface area contributed by atoms with Crippen LogP contribution in [0.5, 0.6) is 0 Å². The third-order valence-electron chi connectivity index (χ3n) is 2.92. The van der Waals surface area contributed by atoms with Gasteiger partial charge in [0.2, 0.25) is 11.8 Å². The van der Waals surface area contributed by atoms with E-state index in [1.807, 2.05) is 0 Å². The van der Waals surface area contributed by atoms with E-state index in [4.69, 9.17) is 5.73 Å². The molecule has 1 aliphatic rings. The summed E-state index contributed by atoms with van der Waals surface area (Å²) in [6, 6.07) is -0.0374. The van der Waals surface area contributed by atoms with E-state index in [1.54, 1.807) is 14.1 Å². The Morgan fingerprint density at radius 3 is 2.60 bits per heavy atom. The van der Waals surface area contributed by atoms with Gasteiger partial charge >= 0.3 is 0 Å². The van der Waals surface area contributed by atoms with Gasteiger partial charge in [-0.05, 0) is 12.8 Å². The van der Waals surface area contributed by atoms with Crippen molar-refractivity contribution >= 4 is 11.8 Å². The summed E-state index contributed by atoms with van der Waals surface area (Å²) in [5.74, 6) is -0.263. The van der Waals surface area contributed by atoms with Crippen LogP contribution in [-0.2, 0) is 9.59 Å². The maximum Gasteiger partial charge on any atom is 0.239 e. The Labute approximate surface area is 90.0 Å². The summed E-state index contributed by atoms with van der Waals surface area (Å²) in [4.78, 5) is 24.4. The van der Waals surface area contributed by atoms with Crippen LogP contribution in [0, 0.1) is 5.92 Å². The van der Waals surface area contributed by atoms with Crippen LogP contribution in [0.15, 0.2) is 0 Å². The first-order chi connectivity index (χ1) is 7.06. The molecule has 0 aromatic carbocycles. The molecule has 0 aromatic rings. The van der Waals surface area contributed by atoms with Crippen molar-refractivity contribution in [1.29, 1.82) is 0 Å². The molecule has 1 fully saturated rings. The fraction of sp³-hybridized carbons (Fsp3) is 0.800. The molecule has 5 nitrogen and oxygen atoms in total. The molecule has 1 saturated carbocycles. The van der Waals surface area contributed by atoms with E-state index in [-0.39, 0.29) is 30.3 Å². The molecule has 1 aliphatic carbocycles. The summed E-state index contributed by atoms with van der Waals surface area (Å²) < 4.78 is 0. The molecule has 2 amide bonds. The Kier molecular flexibility index (Phi) is 4.08. The average Bonchev–Trinajstić information content (AvgIpc) is 2.63. The molecule has 0 radical (unpaired) electrons. The van der Waals surface area contributed by atoms with Gasteiger partial charge in [-0.2, -0.15) is 0 Å². The van der Waals surface area contributed by atoms with Crippen molar-refractivity contribution in [2.24, 2.45) is 11.7 Å². The molecule has 1 rings (SSSR count). The molecule has 0 aromatic heterocycles. The number of likely N-dealkylation sites (N-methyl/N-ethyl adjacent to an activating group) is 2. The lowest BCUT2D eigenvalue weighted by Crippen LogP contribution is -2.43. The van der Waals surface area contributed by atoms with Crippen LogP contribution in [0.4, 0.5) is 0 Å². The highest BCUT2D eigenvalue weighted by molar-refractivity contribution is 5.86. The highest BCUT2D eigenvalue weighted by Gasteiger charge is 2.32. The van der Waals surface area contributed by atoms with Gasteiger partial charge in [0, 0.05) is 20.1 Å². The Morgan fingerprint density at radius 1 is 1.47 bits per heavy atom. The second kappa shape index (κ2) is 5.11. The molecule has 2 atom stereocenters. The first-order valence-electron chi connectivity index (χ1n) is 5.27. The Morgan fingerprint density at radius 2 is 2.13 bits per heavy atom. The van der Waals surface area contributed by atoms with Crippen molar-refractivity contribution in [3.63, 3.8) is 0 Å². The molecule has 0 aliphatic heterocycles. The molecule has 0 heterocycles. The van der Waals surface area contributed by atoms with E-state index in [0.717, 1.165) is 19.3 Å². The number of rotatable bonds is 3. The van der Waals surface area contributed by atoms with Gasteiger partial charge in [0.1, 0.15) is 0 Å². The highest BCUT2D eigenvalue weighted by Crippen LogP contribution is 2.25. The predicted octanol–water partition coefficient (Wildman–Crippen LogP) is -0.682. The van der Waals surface area contributed by atoms with Crippen LogP contribution in [0.2, 0.25) is 0 Å². The molecule has 5 heteroatoms. The van der Waals surface area contributed by atoms with Crippen molar-refractivity contribution < 1.29 is 9.59 Å². The fourth-order valence-electron chi connectivity index (χ4n) is 1.95. The Balaban J connectivity index is 2.48. The van der Waals surface area contributed by atoms with Gasteiger partial charge in [0.25, 0.3) is 0 Å². The van der Waals surface area contributed by atoms with E-state index in [0.29, 0.717) is 0 Å². The first kappa shape index (κ1) is 12.0. The minimum absolute atomic E-state index is 0.0106. The van der Waals surface area contributed by atoms with E-state index >= 15 is 0 Å². The van der Waals surface area contributed by atoms with Gasteiger partial charge in [-0.3, -0.25) is 9.59 Å². The SMILES string of the molecule is CNC(=O)CN(C)C(=O)C1CCCC1N. The van der Waals surface area contributed by atoms with Crippen LogP contribution in [-0.4, -0.2) is 43.4 Å². The molecular formula is C10H19N3O2. The van der Waals surface area contributed by atoms with E-state index in [9.17, 15) is 9.59 Å². The first-order valence-corrected chi connectivity index (χ1v) is 5.27. The second-order valence-electron chi connectivity index (χ2n) is 4.07. The molecular weight excluding hydrogens is 194 g/mol. The number of nitrogens with zero attached hydrogens (tertiary/aromatic N) is 1. The van der Waals surface area contributed by atoms with Crippen molar-refractivity contribution in [2.75, 3.05) is 20.6 Å². The third-order valence-corrected chi connectivity index (χ3v) is 2.92. The summed E-state index contributed by atoms with van der Waals surface area (Å²) in [5.41, 5.74) is 5.83. The molecule has 0 saturated heterocycles. The Hall–Kier alpha value is -1.10. The monoisotopic (exact) mass is 213 g/mol. The van der Waals surface area contributed by atoms with Crippen LogP contribution in [0.25, 0.3) is 0 Å². The third kappa shape index (κ3) is 2.92. The Bertz CT molecular complexity index is 255. The number of amides is 2. The lowest BCUT2D eigenvalue weighted by molar-refractivity contribution is -0.138. The number of carbonyl (C=O) groups is 2. The molecule has 2 unspecified atom stereocenters. The van der Waals surface area contributed by atoms with Crippen LogP contribution >= 0.6 is 0 Å². The summed E-state index contributed by atoms with van der Waals surface area (Å²) in [5, 5.41) is 2.49. The molecule has 3 N–H and O–H groups in total. The van der Waals surface area contributed by atoms with Crippen molar-refractivity contribution in [1.82, 2.24) is 10.2 Å². The number of nitrogens with two attached hydrogens (primary N) is 1. The van der Waals surface area contributed by atoms with E-state index in [1.165, 1.54) is 4.90 Å². The number of hydrogen-bond donors (Lipinski definition) is 2. The lowest BCUT2D eigenvalue weighted by Gasteiger charge is -2.22. The quantitative estimate of drug-likeness (QED) is 0.652. The maximum atomic E-state index is 11.9. The largest absolute Gasteiger partial charge is 0.358 e. The summed E-state index contributed by atoms with van der Waals surface area (Å²) in [7, 11) is 3.20. The van der Waals surface area contributed by atoms with Crippen LogP contribution < -0.4 is 11.1 Å². The predicted molar refractivity (Wildman–Crippen MR) is 57.0 cm³/mol. The van der Waals surface area contributed by atoms with Gasteiger partial charge in [-0.1, -0.05) is 6.42 Å². The molecule has 15 heavy (non-hydrogen) atoms. The van der Waals surface area contributed by atoms with Crippen molar-refractivity contribution in [3.8, 4) is 0 Å². The van der Waals surface area contributed by atoms with E-state index < -0.39 is 0 Å². The lowest BCUT2D eigenvalue weighted by atomic mass is 10.0. The molecule has 0 spiro atoms. The summed E-state index contributed by atoms with van der Waals surface area (Å²) >= 11 is 0. The van der Waals surface area contributed by atoms with Crippen molar-refractivity contribution in [2.45, 2.75) is 25.3 Å². The zero-order chi connectivity index (χ0) is 11.4. The zero-order valence-electron chi connectivity index (χ0n) is 9.32. The van der Waals surface area contributed by atoms with E-state index in [2.05, 4.69) is 5.32 Å². The van der Waals surface area contributed by atoms with Gasteiger partial charge in [0.05, 0.1) is 12.5 Å². The van der Waals surface area contributed by atoms with Crippen molar-refractivity contribution in [3.05, 3.63) is 0 Å². The number of nitrogens with one attached hydrogen (secondary N) is 1. The summed E-state index contributed by atoms with van der Waals surface area (Å²) in [6.45, 7) is 0.110. The summed E-state index contributed by atoms with van der Waals surface area (Å²) in [6.07, 6.45) is 2.76. The molecule has 0 bridgehead atoms. The standard InChI is InChI=1S/C10H19N3O2/c1-12-9(14)6-13(2)10(15)7-4-3-5-8(7)11/h7-8H,3-6,11H2,1-2H3,(H,12,14). The van der Waals surface area contributed by atoms with Crippen LogP contribution in [0.3, 0.4) is 0 Å². The maximum absolute atomic E-state index is 11.9. The van der Waals surface area contributed by atoms with Crippen LogP contribution in [0.1, 0.15) is 19.3 Å². The van der Waals surface area contributed by atoms with Gasteiger partial charge in [-0.25, -0.2) is 0 Å². The zero-order valence-corrected chi connectivity index (χ0v) is 9.32. The number of carbonyl (C=O) groups excluding carboxylic acids is 2. The number of hydrogen-bond acceptors (Lipinski definition) is 3. The minimum Gasteiger partial charge on any atom is -0.358 e. The highest BCUT2D eigenvalue weighted by atomic mass is 16.2. The average molecular weight is 213 g/mol. The topological polar surface area (TPSA) is 75.4 Å². The minimum atomic E-state index is -0.155. The smallest absolute Gasteiger partial charge is 0.239 e. The normalized spacial score (nSPS) is 25.0. The second-order valence-corrected chi connectivity index (χ2v) is 4.07. The van der Waals surface area contributed by atoms with Gasteiger partial charge in [-0.15, -0.1) is 0 Å². The fourth-order valence-corrected chi connectivity index (χ4v) is 1.95.